The Morgan fingerprint density at radius 1 is 1.31 bits per heavy atom. The second kappa shape index (κ2) is 5.12. The van der Waals surface area contributed by atoms with Gasteiger partial charge in [-0.15, -0.1) is 0 Å². The number of hydrogen-bond acceptors (Lipinski definition) is 2. The van der Waals surface area contributed by atoms with Gasteiger partial charge in [-0.1, -0.05) is 12.1 Å². The molecule has 0 fully saturated rings. The van der Waals surface area contributed by atoms with Gasteiger partial charge >= 0.3 is 0 Å². The molecule has 0 atom stereocenters. The van der Waals surface area contributed by atoms with Crippen LogP contribution in [0.15, 0.2) is 18.2 Å². The van der Waals surface area contributed by atoms with Crippen molar-refractivity contribution in [1.82, 2.24) is 0 Å². The first-order chi connectivity index (χ1) is 7.79. The Kier molecular flexibility index (Phi) is 3.57. The number of benzene rings is 1. The molecule has 1 amide bonds. The van der Waals surface area contributed by atoms with Crippen LogP contribution in [0.1, 0.15) is 30.4 Å². The summed E-state index contributed by atoms with van der Waals surface area (Å²) in [6, 6.07) is 6.31. The van der Waals surface area contributed by atoms with E-state index in [2.05, 4.69) is 17.4 Å². The van der Waals surface area contributed by atoms with E-state index in [9.17, 15) is 4.79 Å². The van der Waals surface area contributed by atoms with E-state index in [1.165, 1.54) is 11.1 Å². The summed E-state index contributed by atoms with van der Waals surface area (Å²) in [6.45, 7) is 0.730. The second-order valence-electron chi connectivity index (χ2n) is 4.29. The molecule has 0 unspecified atom stereocenters. The number of carbonyl (C=O) groups excluding carboxylic acids is 1. The number of nitrogens with two attached hydrogens (primary N) is 1. The number of hydrogen-bond donors (Lipinski definition) is 2. The molecule has 1 heterocycles. The molecule has 1 aromatic carbocycles. The standard InChI is InChI=1S/C13H18N2O/c14-8-2-3-10-6-7-12-11(9-10)4-1-5-13(16)15-12/h6-7,9H,1-5,8,14H2,(H,15,16). The highest BCUT2D eigenvalue weighted by atomic mass is 16.1. The molecule has 0 saturated heterocycles. The molecule has 3 heteroatoms. The van der Waals surface area contributed by atoms with E-state index >= 15 is 0 Å². The number of nitrogens with one attached hydrogen (secondary N) is 1. The molecule has 86 valence electrons. The van der Waals surface area contributed by atoms with Crippen molar-refractivity contribution in [2.45, 2.75) is 32.1 Å². The lowest BCUT2D eigenvalue weighted by Crippen LogP contribution is -2.09. The Hall–Kier alpha value is -1.35. The summed E-state index contributed by atoms with van der Waals surface area (Å²) in [5, 5.41) is 2.94. The molecule has 16 heavy (non-hydrogen) atoms. The maximum absolute atomic E-state index is 11.4. The van der Waals surface area contributed by atoms with Crippen molar-refractivity contribution in [3.63, 3.8) is 0 Å². The van der Waals surface area contributed by atoms with E-state index in [0.29, 0.717) is 6.42 Å². The van der Waals surface area contributed by atoms with Crippen LogP contribution in [0.3, 0.4) is 0 Å². The van der Waals surface area contributed by atoms with E-state index < -0.39 is 0 Å². The first-order valence-corrected chi connectivity index (χ1v) is 5.91. The zero-order valence-corrected chi connectivity index (χ0v) is 9.46. The van der Waals surface area contributed by atoms with Crippen LogP contribution in [-0.2, 0) is 17.6 Å². The van der Waals surface area contributed by atoms with Crippen LogP contribution in [0.25, 0.3) is 0 Å². The van der Waals surface area contributed by atoms with Crippen molar-refractivity contribution in [3.05, 3.63) is 29.3 Å². The van der Waals surface area contributed by atoms with Gasteiger partial charge in [0.05, 0.1) is 0 Å². The molecule has 0 spiro atoms. The average Bonchev–Trinajstić information content (AvgIpc) is 2.46. The molecule has 1 aliphatic rings. The lowest BCUT2D eigenvalue weighted by Gasteiger charge is -2.08. The van der Waals surface area contributed by atoms with Crippen LogP contribution in [0, 0.1) is 0 Å². The molecular formula is C13H18N2O. The van der Waals surface area contributed by atoms with Crippen molar-refractivity contribution < 1.29 is 4.79 Å². The van der Waals surface area contributed by atoms with Crippen molar-refractivity contribution in [3.8, 4) is 0 Å². The number of carbonyl (C=O) groups is 1. The third-order valence-corrected chi connectivity index (χ3v) is 2.96. The summed E-state index contributed by atoms with van der Waals surface area (Å²) in [6.07, 6.45) is 4.61. The summed E-state index contributed by atoms with van der Waals surface area (Å²) < 4.78 is 0. The Balaban J connectivity index is 2.17. The molecule has 1 aromatic rings. The minimum atomic E-state index is 0.133. The number of anilines is 1. The van der Waals surface area contributed by atoms with Crippen LogP contribution >= 0.6 is 0 Å². The molecule has 3 N–H and O–H groups in total. The largest absolute Gasteiger partial charge is 0.330 e. The molecule has 0 radical (unpaired) electrons. The molecule has 0 saturated carbocycles. The third-order valence-electron chi connectivity index (χ3n) is 2.96. The molecule has 0 aliphatic carbocycles. The molecule has 2 rings (SSSR count). The highest BCUT2D eigenvalue weighted by molar-refractivity contribution is 5.92. The highest BCUT2D eigenvalue weighted by Crippen LogP contribution is 2.23. The van der Waals surface area contributed by atoms with E-state index in [1.54, 1.807) is 0 Å². The maximum atomic E-state index is 11.4. The van der Waals surface area contributed by atoms with Crippen molar-refractivity contribution in [1.29, 1.82) is 0 Å². The van der Waals surface area contributed by atoms with Crippen LogP contribution in [0.5, 0.6) is 0 Å². The summed E-state index contributed by atoms with van der Waals surface area (Å²) in [4.78, 5) is 11.4. The smallest absolute Gasteiger partial charge is 0.224 e. The quantitative estimate of drug-likeness (QED) is 0.813. The van der Waals surface area contributed by atoms with Gasteiger partial charge in [-0.25, -0.2) is 0 Å². The maximum Gasteiger partial charge on any atom is 0.224 e. The monoisotopic (exact) mass is 218 g/mol. The fourth-order valence-electron chi connectivity index (χ4n) is 2.09. The third kappa shape index (κ3) is 2.61. The zero-order chi connectivity index (χ0) is 11.4. The summed E-state index contributed by atoms with van der Waals surface area (Å²) >= 11 is 0. The number of amides is 1. The van der Waals surface area contributed by atoms with Crippen LogP contribution in [0.4, 0.5) is 5.69 Å². The first kappa shape index (κ1) is 11.1. The Labute approximate surface area is 96.0 Å². The lowest BCUT2D eigenvalue weighted by atomic mass is 10.0. The van der Waals surface area contributed by atoms with E-state index in [4.69, 9.17) is 5.73 Å². The number of rotatable bonds is 3. The van der Waals surface area contributed by atoms with Crippen LogP contribution in [0.2, 0.25) is 0 Å². The summed E-state index contributed by atoms with van der Waals surface area (Å²) in [7, 11) is 0. The van der Waals surface area contributed by atoms with E-state index in [-0.39, 0.29) is 5.91 Å². The summed E-state index contributed by atoms with van der Waals surface area (Å²) in [5.41, 5.74) is 9.07. The topological polar surface area (TPSA) is 55.1 Å². The van der Waals surface area contributed by atoms with Crippen LogP contribution in [-0.4, -0.2) is 12.5 Å². The predicted molar refractivity (Wildman–Crippen MR) is 65.4 cm³/mol. The number of fused-ring (bicyclic) bond motifs is 1. The van der Waals surface area contributed by atoms with Gasteiger partial charge in [-0.2, -0.15) is 0 Å². The fourth-order valence-corrected chi connectivity index (χ4v) is 2.09. The Bertz CT molecular complexity index is 388. The lowest BCUT2D eigenvalue weighted by molar-refractivity contribution is -0.116. The van der Waals surface area contributed by atoms with E-state index in [1.807, 2.05) is 6.07 Å². The van der Waals surface area contributed by atoms with Gasteiger partial charge in [0.25, 0.3) is 0 Å². The first-order valence-electron chi connectivity index (χ1n) is 5.91. The summed E-state index contributed by atoms with van der Waals surface area (Å²) in [5.74, 6) is 0.133. The van der Waals surface area contributed by atoms with Gasteiger partial charge in [0.2, 0.25) is 5.91 Å². The van der Waals surface area contributed by atoms with Crippen molar-refractivity contribution in [2.24, 2.45) is 5.73 Å². The molecule has 0 aromatic heterocycles. The minimum Gasteiger partial charge on any atom is -0.330 e. The molecular weight excluding hydrogens is 200 g/mol. The molecule has 0 bridgehead atoms. The molecule has 1 aliphatic heterocycles. The Morgan fingerprint density at radius 2 is 2.19 bits per heavy atom. The van der Waals surface area contributed by atoms with Gasteiger partial charge in [0.1, 0.15) is 0 Å². The normalized spacial score (nSPS) is 15.2. The highest BCUT2D eigenvalue weighted by Gasteiger charge is 2.12. The average molecular weight is 218 g/mol. The van der Waals surface area contributed by atoms with Gasteiger partial charge in [-0.3, -0.25) is 4.79 Å². The van der Waals surface area contributed by atoms with Gasteiger partial charge < -0.3 is 11.1 Å². The van der Waals surface area contributed by atoms with Crippen LogP contribution < -0.4 is 11.1 Å². The molecule has 3 nitrogen and oxygen atoms in total. The Morgan fingerprint density at radius 3 is 3.00 bits per heavy atom. The second-order valence-corrected chi connectivity index (χ2v) is 4.29. The van der Waals surface area contributed by atoms with Gasteiger partial charge in [0, 0.05) is 12.1 Å². The van der Waals surface area contributed by atoms with Crippen molar-refractivity contribution in [2.75, 3.05) is 11.9 Å². The SMILES string of the molecule is NCCCc1ccc2c(c1)CCCC(=O)N2. The predicted octanol–water partition coefficient (Wildman–Crippen LogP) is 1.85. The minimum absolute atomic E-state index is 0.133. The zero-order valence-electron chi connectivity index (χ0n) is 9.46. The number of aryl methyl sites for hydroxylation is 2. The fraction of sp³-hybridized carbons (Fsp3) is 0.462. The van der Waals surface area contributed by atoms with E-state index in [0.717, 1.165) is 37.9 Å². The van der Waals surface area contributed by atoms with Gasteiger partial charge in [-0.05, 0) is 49.4 Å². The van der Waals surface area contributed by atoms with Crippen molar-refractivity contribution >= 4 is 11.6 Å². The van der Waals surface area contributed by atoms with Gasteiger partial charge in [0.15, 0.2) is 0 Å².